The number of anilines is 1. The lowest BCUT2D eigenvalue weighted by Gasteiger charge is -2.12. The van der Waals surface area contributed by atoms with Crippen LogP contribution in [0.1, 0.15) is 18.2 Å². The average molecular weight is 355 g/mol. The predicted octanol–water partition coefficient (Wildman–Crippen LogP) is 2.87. The number of amides is 1. The second-order valence-corrected chi connectivity index (χ2v) is 6.11. The number of nitriles is 1. The van der Waals surface area contributed by atoms with Gasteiger partial charge in [-0.15, -0.1) is 11.3 Å². The maximum atomic E-state index is 12.1. The van der Waals surface area contributed by atoms with Crippen molar-refractivity contribution in [3.63, 3.8) is 0 Å². The highest BCUT2D eigenvalue weighted by Crippen LogP contribution is 2.22. The monoisotopic (exact) mass is 355 g/mol. The zero-order valence-corrected chi connectivity index (χ0v) is 14.0. The summed E-state index contributed by atoms with van der Waals surface area (Å²) in [6.45, 7) is 1.47. The van der Waals surface area contributed by atoms with Crippen LogP contribution in [0, 0.1) is 11.3 Å². The molecule has 0 radical (unpaired) electrons. The fourth-order valence-electron chi connectivity index (χ4n) is 2.20. The number of esters is 1. The molecule has 0 fully saturated rings. The van der Waals surface area contributed by atoms with Crippen LogP contribution in [-0.4, -0.2) is 23.1 Å². The first-order chi connectivity index (χ1) is 12.1. The molecule has 0 aliphatic rings. The average Bonchev–Trinajstić information content (AvgIpc) is 3.21. The molecule has 0 spiro atoms. The minimum atomic E-state index is -1.00. The van der Waals surface area contributed by atoms with Crippen molar-refractivity contribution < 1.29 is 18.8 Å². The van der Waals surface area contributed by atoms with Gasteiger partial charge in [0.15, 0.2) is 11.7 Å². The van der Waals surface area contributed by atoms with Crippen LogP contribution >= 0.6 is 11.3 Å². The summed E-state index contributed by atoms with van der Waals surface area (Å²) < 4.78 is 10.3. The highest BCUT2D eigenvalue weighted by Gasteiger charge is 2.21. The number of carbonyl (C=O) groups is 2. The Morgan fingerprint density at radius 3 is 3.00 bits per heavy atom. The Bertz CT molecular complexity index is 970. The number of nitrogens with one attached hydrogen (secondary N) is 1. The van der Waals surface area contributed by atoms with Crippen LogP contribution in [0.25, 0.3) is 11.0 Å². The molecule has 3 aromatic rings. The van der Waals surface area contributed by atoms with Gasteiger partial charge >= 0.3 is 5.97 Å². The molecular formula is C17H13N3O4S. The standard InChI is InChI=1S/C17H13N3O4S/c1-10(16(22)19-17-11(9-18)6-7-25-17)23-15(21)8-13-12-4-2-3-5-14(12)24-20-13/h2-7,10H,8H2,1H3,(H,19,22)/t10-/m0/s1. The normalized spacial score (nSPS) is 11.7. The summed E-state index contributed by atoms with van der Waals surface area (Å²) >= 11 is 1.23. The fourth-order valence-corrected chi connectivity index (χ4v) is 2.94. The van der Waals surface area contributed by atoms with E-state index in [1.54, 1.807) is 23.6 Å². The lowest BCUT2D eigenvalue weighted by Crippen LogP contribution is -2.30. The van der Waals surface area contributed by atoms with Crippen molar-refractivity contribution in [2.24, 2.45) is 0 Å². The van der Waals surface area contributed by atoms with Crippen LogP contribution in [-0.2, 0) is 20.7 Å². The summed E-state index contributed by atoms with van der Waals surface area (Å²) in [6.07, 6.45) is -1.10. The van der Waals surface area contributed by atoms with E-state index in [0.717, 1.165) is 5.39 Å². The van der Waals surface area contributed by atoms with Crippen LogP contribution in [0.4, 0.5) is 5.00 Å². The molecule has 0 unspecified atom stereocenters. The van der Waals surface area contributed by atoms with E-state index in [1.165, 1.54) is 18.3 Å². The Labute approximate surface area is 146 Å². The number of aromatic nitrogens is 1. The highest BCUT2D eigenvalue weighted by atomic mass is 32.1. The van der Waals surface area contributed by atoms with Crippen molar-refractivity contribution >= 4 is 39.2 Å². The van der Waals surface area contributed by atoms with Gasteiger partial charge in [0.25, 0.3) is 5.91 Å². The first-order valence-corrected chi connectivity index (χ1v) is 8.27. The van der Waals surface area contributed by atoms with Crippen LogP contribution in [0.3, 0.4) is 0 Å². The summed E-state index contributed by atoms with van der Waals surface area (Å²) in [7, 11) is 0. The van der Waals surface area contributed by atoms with Crippen LogP contribution in [0.15, 0.2) is 40.2 Å². The molecule has 2 aromatic heterocycles. The molecule has 1 aromatic carbocycles. The molecule has 0 bridgehead atoms. The van der Waals surface area contributed by atoms with E-state index in [0.29, 0.717) is 21.8 Å². The predicted molar refractivity (Wildman–Crippen MR) is 90.9 cm³/mol. The second-order valence-electron chi connectivity index (χ2n) is 5.20. The highest BCUT2D eigenvalue weighted by molar-refractivity contribution is 7.14. The number of ether oxygens (including phenoxy) is 1. The summed E-state index contributed by atoms with van der Waals surface area (Å²) in [5.41, 5.74) is 1.40. The van der Waals surface area contributed by atoms with Gasteiger partial charge in [0.05, 0.1) is 12.0 Å². The maximum absolute atomic E-state index is 12.1. The summed E-state index contributed by atoms with van der Waals surface area (Å²) in [6, 6.07) is 10.8. The van der Waals surface area contributed by atoms with E-state index in [4.69, 9.17) is 14.5 Å². The van der Waals surface area contributed by atoms with E-state index < -0.39 is 18.0 Å². The summed E-state index contributed by atoms with van der Waals surface area (Å²) in [4.78, 5) is 24.2. The number of carbonyl (C=O) groups excluding carboxylic acids is 2. The Morgan fingerprint density at radius 2 is 2.20 bits per heavy atom. The Kier molecular flexibility index (Phi) is 4.77. The Balaban J connectivity index is 1.60. The van der Waals surface area contributed by atoms with Crippen molar-refractivity contribution in [3.05, 3.63) is 47.0 Å². The molecule has 0 saturated carbocycles. The first-order valence-electron chi connectivity index (χ1n) is 7.39. The molecule has 0 aliphatic carbocycles. The van der Waals surface area contributed by atoms with Gasteiger partial charge in [-0.25, -0.2) is 0 Å². The molecule has 0 aliphatic heterocycles. The maximum Gasteiger partial charge on any atom is 0.312 e. The SMILES string of the molecule is C[C@H](OC(=O)Cc1noc2ccccc12)C(=O)Nc1sccc1C#N. The second kappa shape index (κ2) is 7.15. The van der Waals surface area contributed by atoms with E-state index >= 15 is 0 Å². The molecule has 0 saturated heterocycles. The van der Waals surface area contributed by atoms with Gasteiger partial charge < -0.3 is 14.6 Å². The van der Waals surface area contributed by atoms with Crippen molar-refractivity contribution in [1.82, 2.24) is 5.16 Å². The van der Waals surface area contributed by atoms with Crippen molar-refractivity contribution in [2.45, 2.75) is 19.4 Å². The lowest BCUT2D eigenvalue weighted by atomic mass is 10.2. The summed E-state index contributed by atoms with van der Waals surface area (Å²) in [5, 5.41) is 18.2. The van der Waals surface area contributed by atoms with Crippen molar-refractivity contribution in [1.29, 1.82) is 5.26 Å². The smallest absolute Gasteiger partial charge is 0.312 e. The minimum absolute atomic E-state index is 0.100. The number of hydrogen-bond acceptors (Lipinski definition) is 7. The van der Waals surface area contributed by atoms with E-state index in [2.05, 4.69) is 10.5 Å². The molecule has 1 amide bonds. The number of nitrogens with zero attached hydrogens (tertiary/aromatic N) is 2. The Hall–Kier alpha value is -3.18. The number of para-hydroxylation sites is 1. The van der Waals surface area contributed by atoms with Gasteiger partial charge in [0.1, 0.15) is 16.8 Å². The molecule has 1 N–H and O–H groups in total. The van der Waals surface area contributed by atoms with Crippen LogP contribution in [0.5, 0.6) is 0 Å². The third-order valence-electron chi connectivity index (χ3n) is 3.46. The third kappa shape index (κ3) is 3.67. The largest absolute Gasteiger partial charge is 0.452 e. The molecule has 7 nitrogen and oxygen atoms in total. The van der Waals surface area contributed by atoms with Gasteiger partial charge in [-0.05, 0) is 30.5 Å². The molecule has 126 valence electrons. The lowest BCUT2D eigenvalue weighted by molar-refractivity contribution is -0.152. The van der Waals surface area contributed by atoms with Crippen LogP contribution < -0.4 is 5.32 Å². The van der Waals surface area contributed by atoms with Gasteiger partial charge in [0.2, 0.25) is 0 Å². The number of fused-ring (bicyclic) bond motifs is 1. The zero-order chi connectivity index (χ0) is 17.8. The summed E-state index contributed by atoms with van der Waals surface area (Å²) in [5.74, 6) is -1.09. The molecule has 3 rings (SSSR count). The quantitative estimate of drug-likeness (QED) is 0.706. The first kappa shape index (κ1) is 16.7. The third-order valence-corrected chi connectivity index (χ3v) is 4.29. The van der Waals surface area contributed by atoms with Gasteiger partial charge in [-0.3, -0.25) is 9.59 Å². The van der Waals surface area contributed by atoms with Gasteiger partial charge in [0, 0.05) is 5.39 Å². The van der Waals surface area contributed by atoms with Crippen molar-refractivity contribution in [2.75, 3.05) is 5.32 Å². The number of rotatable bonds is 5. The number of benzene rings is 1. The topological polar surface area (TPSA) is 105 Å². The number of thiophene rings is 1. The molecular weight excluding hydrogens is 342 g/mol. The molecule has 8 heteroatoms. The van der Waals surface area contributed by atoms with Crippen LogP contribution in [0.2, 0.25) is 0 Å². The molecule has 1 atom stereocenters. The van der Waals surface area contributed by atoms with E-state index in [9.17, 15) is 9.59 Å². The number of hydrogen-bond donors (Lipinski definition) is 1. The van der Waals surface area contributed by atoms with Gasteiger partial charge in [-0.1, -0.05) is 17.3 Å². The van der Waals surface area contributed by atoms with Gasteiger partial charge in [-0.2, -0.15) is 5.26 Å². The molecule has 2 heterocycles. The minimum Gasteiger partial charge on any atom is -0.452 e. The fraction of sp³-hybridized carbons (Fsp3) is 0.176. The zero-order valence-electron chi connectivity index (χ0n) is 13.2. The Morgan fingerprint density at radius 1 is 1.40 bits per heavy atom. The molecule has 25 heavy (non-hydrogen) atoms. The van der Waals surface area contributed by atoms with E-state index in [1.807, 2.05) is 18.2 Å². The van der Waals surface area contributed by atoms with Crippen molar-refractivity contribution in [3.8, 4) is 6.07 Å². The van der Waals surface area contributed by atoms with E-state index in [-0.39, 0.29) is 6.42 Å².